The van der Waals surface area contributed by atoms with Crippen molar-refractivity contribution < 1.29 is 19.4 Å². The van der Waals surface area contributed by atoms with Crippen LogP contribution >= 0.6 is 11.6 Å². The van der Waals surface area contributed by atoms with Crippen molar-refractivity contribution in [3.8, 4) is 5.75 Å². The monoisotopic (exact) mass is 532 g/mol. The lowest BCUT2D eigenvalue weighted by Crippen LogP contribution is -2.29. The second-order valence-corrected chi connectivity index (χ2v) is 10.0. The predicted molar refractivity (Wildman–Crippen MR) is 153 cm³/mol. The molecule has 1 aliphatic heterocycles. The van der Waals surface area contributed by atoms with Gasteiger partial charge in [0.2, 0.25) is 0 Å². The van der Waals surface area contributed by atoms with Gasteiger partial charge in [-0.25, -0.2) is 0 Å². The van der Waals surface area contributed by atoms with E-state index >= 15 is 0 Å². The van der Waals surface area contributed by atoms with Crippen molar-refractivity contribution in [2.75, 3.05) is 30.0 Å². The maximum atomic E-state index is 13.6. The summed E-state index contributed by atoms with van der Waals surface area (Å²) in [5.41, 5.74) is 5.30. The van der Waals surface area contributed by atoms with E-state index in [-0.39, 0.29) is 22.6 Å². The van der Waals surface area contributed by atoms with E-state index in [1.165, 1.54) is 12.0 Å². The number of carbonyl (C=O) groups excluding carboxylic acids is 2. The number of anilines is 2. The van der Waals surface area contributed by atoms with Gasteiger partial charge in [-0.15, -0.1) is 0 Å². The highest BCUT2D eigenvalue weighted by Gasteiger charge is 2.47. The van der Waals surface area contributed by atoms with Crippen LogP contribution in [0.1, 0.15) is 47.7 Å². The molecule has 1 heterocycles. The van der Waals surface area contributed by atoms with Gasteiger partial charge in [0.15, 0.2) is 0 Å². The first kappa shape index (κ1) is 27.3. The van der Waals surface area contributed by atoms with Gasteiger partial charge < -0.3 is 14.7 Å². The average molecular weight is 533 g/mol. The van der Waals surface area contributed by atoms with E-state index in [9.17, 15) is 14.7 Å². The number of Topliss-reactive ketones (excluding diaryl/α,β-unsaturated/α-hetero) is 1. The number of rotatable bonds is 7. The summed E-state index contributed by atoms with van der Waals surface area (Å²) in [6.45, 7) is 11.6. The number of aliphatic hydroxyl groups excluding tert-OH is 1. The summed E-state index contributed by atoms with van der Waals surface area (Å²) in [4.78, 5) is 30.9. The number of halogens is 1. The highest BCUT2D eigenvalue weighted by atomic mass is 35.5. The van der Waals surface area contributed by atoms with E-state index in [0.29, 0.717) is 16.3 Å². The van der Waals surface area contributed by atoms with E-state index in [0.717, 1.165) is 35.5 Å². The number of aliphatic hydroxyl groups is 1. The number of methoxy groups -OCH3 is 1. The third-order valence-corrected chi connectivity index (χ3v) is 7.19. The number of ketones is 1. The molecule has 198 valence electrons. The van der Waals surface area contributed by atoms with Crippen LogP contribution in [0.25, 0.3) is 5.76 Å². The molecular formula is C31H33ClN2O4. The average Bonchev–Trinajstić information content (AvgIpc) is 3.14. The molecule has 0 aliphatic carbocycles. The number of amides is 1. The number of nitrogens with zero attached hydrogens (tertiary/aromatic N) is 2. The zero-order valence-corrected chi connectivity index (χ0v) is 23.4. The van der Waals surface area contributed by atoms with Gasteiger partial charge >= 0.3 is 0 Å². The van der Waals surface area contributed by atoms with Crippen molar-refractivity contribution in [1.29, 1.82) is 0 Å². The quantitative estimate of drug-likeness (QED) is 0.207. The normalized spacial score (nSPS) is 16.7. The van der Waals surface area contributed by atoms with Crippen LogP contribution in [0.15, 0.2) is 60.2 Å². The summed E-state index contributed by atoms with van der Waals surface area (Å²) in [7, 11) is 1.45. The first-order valence-corrected chi connectivity index (χ1v) is 13.1. The second kappa shape index (κ2) is 10.9. The molecule has 38 heavy (non-hydrogen) atoms. The fourth-order valence-electron chi connectivity index (χ4n) is 5.22. The molecule has 0 aromatic heterocycles. The number of ether oxygens (including phenoxy) is 1. The minimum Gasteiger partial charge on any atom is -0.507 e. The molecule has 1 aliphatic rings. The first-order valence-electron chi connectivity index (χ1n) is 12.7. The molecule has 6 nitrogen and oxygen atoms in total. The fraction of sp³-hybridized carbons (Fsp3) is 0.290. The molecule has 4 rings (SSSR count). The Morgan fingerprint density at radius 2 is 1.53 bits per heavy atom. The summed E-state index contributed by atoms with van der Waals surface area (Å²) < 4.78 is 5.48. The van der Waals surface area contributed by atoms with Crippen LogP contribution in [-0.4, -0.2) is 37.0 Å². The Bertz CT molecular complexity index is 1400. The van der Waals surface area contributed by atoms with Crippen LogP contribution in [0, 0.1) is 20.8 Å². The molecule has 1 amide bonds. The first-order chi connectivity index (χ1) is 18.1. The Labute approximate surface area is 229 Å². The van der Waals surface area contributed by atoms with Crippen molar-refractivity contribution in [2.24, 2.45) is 0 Å². The van der Waals surface area contributed by atoms with Crippen molar-refractivity contribution in [3.05, 3.63) is 93.0 Å². The van der Waals surface area contributed by atoms with Crippen LogP contribution in [0.3, 0.4) is 0 Å². The molecule has 1 saturated heterocycles. The van der Waals surface area contributed by atoms with Gasteiger partial charge in [-0.3, -0.25) is 14.5 Å². The topological polar surface area (TPSA) is 70.1 Å². The Morgan fingerprint density at radius 1 is 0.947 bits per heavy atom. The number of carbonyl (C=O) groups is 2. The van der Waals surface area contributed by atoms with Gasteiger partial charge in [0.1, 0.15) is 11.5 Å². The maximum absolute atomic E-state index is 13.6. The Kier molecular flexibility index (Phi) is 7.83. The lowest BCUT2D eigenvalue weighted by molar-refractivity contribution is -0.132. The van der Waals surface area contributed by atoms with E-state index in [4.69, 9.17) is 16.3 Å². The number of benzene rings is 3. The predicted octanol–water partition coefficient (Wildman–Crippen LogP) is 6.75. The largest absolute Gasteiger partial charge is 0.507 e. The van der Waals surface area contributed by atoms with Crippen LogP contribution < -0.4 is 14.5 Å². The summed E-state index contributed by atoms with van der Waals surface area (Å²) >= 11 is 6.41. The van der Waals surface area contributed by atoms with Gasteiger partial charge in [-0.2, -0.15) is 0 Å². The van der Waals surface area contributed by atoms with Crippen molar-refractivity contribution in [1.82, 2.24) is 0 Å². The molecule has 1 atom stereocenters. The smallest absolute Gasteiger partial charge is 0.300 e. The Morgan fingerprint density at radius 3 is 2.08 bits per heavy atom. The maximum Gasteiger partial charge on any atom is 0.300 e. The second-order valence-electron chi connectivity index (χ2n) is 9.61. The number of hydrogen-bond acceptors (Lipinski definition) is 5. The molecule has 3 aromatic rings. The fourth-order valence-corrected chi connectivity index (χ4v) is 5.57. The molecule has 3 aromatic carbocycles. The van der Waals surface area contributed by atoms with Gasteiger partial charge in [0.05, 0.1) is 29.3 Å². The standard InChI is InChI=1S/C31H33ClN2O4/c1-7-33(8-2)22-11-9-21(10-12-22)27-26(28(35)24-16-20(5)17-25(32)30(24)38-6)29(36)31(37)34(27)23-14-18(3)13-19(4)15-23/h9-17,27,35H,7-8H2,1-6H3/b28-26+. The highest BCUT2D eigenvalue weighted by Crippen LogP contribution is 2.45. The highest BCUT2D eigenvalue weighted by molar-refractivity contribution is 6.51. The summed E-state index contributed by atoms with van der Waals surface area (Å²) in [6, 6.07) is 16.1. The van der Waals surface area contributed by atoms with Gasteiger partial charge in [-0.1, -0.05) is 29.8 Å². The Hall–Kier alpha value is -3.77. The van der Waals surface area contributed by atoms with Crippen LogP contribution in [0.4, 0.5) is 11.4 Å². The van der Waals surface area contributed by atoms with Crippen LogP contribution in [-0.2, 0) is 9.59 Å². The van der Waals surface area contributed by atoms with Crippen molar-refractivity contribution in [2.45, 2.75) is 40.7 Å². The molecule has 0 bridgehead atoms. The zero-order valence-electron chi connectivity index (χ0n) is 22.6. The minimum atomic E-state index is -0.842. The van der Waals surface area contributed by atoms with E-state index in [2.05, 4.69) is 18.7 Å². The third-order valence-electron chi connectivity index (χ3n) is 6.91. The molecule has 0 saturated carbocycles. The third kappa shape index (κ3) is 4.88. The molecule has 1 N–H and O–H groups in total. The van der Waals surface area contributed by atoms with Gasteiger partial charge in [0.25, 0.3) is 11.7 Å². The molecule has 1 fully saturated rings. The lowest BCUT2D eigenvalue weighted by atomic mass is 9.94. The van der Waals surface area contributed by atoms with Crippen molar-refractivity contribution in [3.63, 3.8) is 0 Å². The molecule has 7 heteroatoms. The van der Waals surface area contributed by atoms with Crippen LogP contribution in [0.2, 0.25) is 5.02 Å². The van der Waals surface area contributed by atoms with E-state index in [1.54, 1.807) is 12.1 Å². The van der Waals surface area contributed by atoms with Crippen LogP contribution in [0.5, 0.6) is 5.75 Å². The summed E-state index contributed by atoms with van der Waals surface area (Å²) in [6.07, 6.45) is 0. The SMILES string of the molecule is CCN(CC)c1ccc(C2/C(=C(\O)c3cc(C)cc(Cl)c3OC)C(=O)C(=O)N2c2cc(C)cc(C)c2)cc1. The zero-order chi connectivity index (χ0) is 27.7. The lowest BCUT2D eigenvalue weighted by Gasteiger charge is -2.27. The molecular weight excluding hydrogens is 500 g/mol. The number of hydrogen-bond donors (Lipinski definition) is 1. The minimum absolute atomic E-state index is 0.00952. The van der Waals surface area contributed by atoms with Crippen molar-refractivity contribution >= 4 is 40.4 Å². The molecule has 1 unspecified atom stereocenters. The Balaban J connectivity index is 1.99. The summed E-state index contributed by atoms with van der Waals surface area (Å²) in [5.74, 6) is -1.55. The molecule has 0 spiro atoms. The van der Waals surface area contributed by atoms with E-state index in [1.807, 2.05) is 63.2 Å². The van der Waals surface area contributed by atoms with E-state index < -0.39 is 17.7 Å². The van der Waals surface area contributed by atoms with Gasteiger partial charge in [0, 0.05) is 24.5 Å². The number of aryl methyl sites for hydroxylation is 3. The molecule has 0 radical (unpaired) electrons. The van der Waals surface area contributed by atoms with Gasteiger partial charge in [-0.05, 0) is 93.3 Å². The summed E-state index contributed by atoms with van der Waals surface area (Å²) in [5, 5.41) is 11.9.